The number of hydrogen-bond acceptors (Lipinski definition) is 5. The standard InChI is InChI=1S/C24H31N3O5/c1-6-31-24(30)20-16(4)21(26-17(20)5)22(28)25-11-18-7-9-19(10-8-18)23(29)27-12-14(2)32-15(3)13-27/h7-10,14-15,26H,6,11-13H2,1-5H3,(H,25,28). The largest absolute Gasteiger partial charge is 0.462 e. The van der Waals surface area contributed by atoms with E-state index in [4.69, 9.17) is 9.47 Å². The summed E-state index contributed by atoms with van der Waals surface area (Å²) in [6.45, 7) is 10.8. The molecule has 1 aromatic heterocycles. The maximum Gasteiger partial charge on any atom is 0.340 e. The summed E-state index contributed by atoms with van der Waals surface area (Å²) in [5.74, 6) is -0.772. The van der Waals surface area contributed by atoms with Gasteiger partial charge in [-0.2, -0.15) is 0 Å². The summed E-state index contributed by atoms with van der Waals surface area (Å²) >= 11 is 0. The maximum absolute atomic E-state index is 12.8. The third-order valence-corrected chi connectivity index (χ3v) is 5.50. The molecule has 2 heterocycles. The Morgan fingerprint density at radius 3 is 2.34 bits per heavy atom. The van der Waals surface area contributed by atoms with Crippen molar-refractivity contribution < 1.29 is 23.9 Å². The Labute approximate surface area is 188 Å². The van der Waals surface area contributed by atoms with Crippen molar-refractivity contribution >= 4 is 17.8 Å². The summed E-state index contributed by atoms with van der Waals surface area (Å²) in [7, 11) is 0. The highest BCUT2D eigenvalue weighted by Gasteiger charge is 2.26. The molecule has 3 rings (SSSR count). The summed E-state index contributed by atoms with van der Waals surface area (Å²) in [5, 5.41) is 2.86. The second-order valence-corrected chi connectivity index (χ2v) is 8.19. The number of amides is 2. The molecule has 2 atom stereocenters. The van der Waals surface area contributed by atoms with Crippen LogP contribution in [0, 0.1) is 13.8 Å². The van der Waals surface area contributed by atoms with Crippen LogP contribution in [0.2, 0.25) is 0 Å². The molecule has 8 heteroatoms. The first kappa shape index (κ1) is 23.5. The Kier molecular flexibility index (Phi) is 7.35. The molecule has 2 aromatic rings. The summed E-state index contributed by atoms with van der Waals surface area (Å²) in [6, 6.07) is 7.21. The van der Waals surface area contributed by atoms with Crippen LogP contribution in [-0.2, 0) is 16.0 Å². The van der Waals surface area contributed by atoms with E-state index in [0.717, 1.165) is 5.56 Å². The normalized spacial score (nSPS) is 18.3. The highest BCUT2D eigenvalue weighted by molar-refractivity contribution is 6.00. The van der Waals surface area contributed by atoms with E-state index in [1.54, 1.807) is 32.9 Å². The van der Waals surface area contributed by atoms with Gasteiger partial charge in [0.2, 0.25) is 0 Å². The van der Waals surface area contributed by atoms with Crippen LogP contribution in [0.15, 0.2) is 24.3 Å². The van der Waals surface area contributed by atoms with E-state index in [9.17, 15) is 14.4 Å². The number of nitrogens with one attached hydrogen (secondary N) is 2. The highest BCUT2D eigenvalue weighted by Crippen LogP contribution is 2.19. The average Bonchev–Trinajstić information content (AvgIpc) is 3.05. The van der Waals surface area contributed by atoms with Gasteiger partial charge < -0.3 is 24.7 Å². The fourth-order valence-electron chi connectivity index (χ4n) is 4.05. The van der Waals surface area contributed by atoms with Gasteiger partial charge >= 0.3 is 5.97 Å². The molecule has 0 radical (unpaired) electrons. The Bertz CT molecular complexity index is 986. The minimum absolute atomic E-state index is 0.0154. The second-order valence-electron chi connectivity index (χ2n) is 8.19. The third-order valence-electron chi connectivity index (χ3n) is 5.50. The van der Waals surface area contributed by atoms with E-state index >= 15 is 0 Å². The van der Waals surface area contributed by atoms with Gasteiger partial charge in [0.05, 0.1) is 24.4 Å². The monoisotopic (exact) mass is 441 g/mol. The van der Waals surface area contributed by atoms with Crippen LogP contribution in [0.5, 0.6) is 0 Å². The zero-order chi connectivity index (χ0) is 23.4. The van der Waals surface area contributed by atoms with Crippen molar-refractivity contribution in [3.8, 4) is 0 Å². The zero-order valence-corrected chi connectivity index (χ0v) is 19.3. The fourth-order valence-corrected chi connectivity index (χ4v) is 4.05. The van der Waals surface area contributed by atoms with Crippen LogP contribution in [0.3, 0.4) is 0 Å². The van der Waals surface area contributed by atoms with Crippen LogP contribution >= 0.6 is 0 Å². The Balaban J connectivity index is 1.62. The molecule has 32 heavy (non-hydrogen) atoms. The molecule has 2 N–H and O–H groups in total. The smallest absolute Gasteiger partial charge is 0.340 e. The number of carbonyl (C=O) groups excluding carboxylic acids is 3. The minimum Gasteiger partial charge on any atom is -0.462 e. The van der Waals surface area contributed by atoms with Crippen LogP contribution < -0.4 is 5.32 Å². The molecule has 1 saturated heterocycles. The molecule has 0 bridgehead atoms. The van der Waals surface area contributed by atoms with E-state index in [1.807, 2.05) is 30.9 Å². The molecule has 8 nitrogen and oxygen atoms in total. The number of hydrogen-bond donors (Lipinski definition) is 2. The molecule has 1 fully saturated rings. The van der Waals surface area contributed by atoms with Gasteiger partial charge in [0.15, 0.2) is 0 Å². The van der Waals surface area contributed by atoms with Gasteiger partial charge in [-0.1, -0.05) is 12.1 Å². The van der Waals surface area contributed by atoms with Crippen LogP contribution in [0.4, 0.5) is 0 Å². The SMILES string of the molecule is CCOC(=O)c1c(C)[nH]c(C(=O)NCc2ccc(C(=O)N3CC(C)OC(C)C3)cc2)c1C. The van der Waals surface area contributed by atoms with Crippen molar-refractivity contribution in [2.24, 2.45) is 0 Å². The molecular formula is C24H31N3O5. The van der Waals surface area contributed by atoms with Gasteiger partial charge in [0, 0.05) is 30.9 Å². The number of morpholine rings is 1. The predicted molar refractivity (Wildman–Crippen MR) is 120 cm³/mol. The number of esters is 1. The van der Waals surface area contributed by atoms with E-state index in [2.05, 4.69) is 10.3 Å². The number of aryl methyl sites for hydroxylation is 1. The van der Waals surface area contributed by atoms with E-state index in [0.29, 0.717) is 47.7 Å². The van der Waals surface area contributed by atoms with Crippen LogP contribution in [0.1, 0.15) is 68.8 Å². The summed E-state index contributed by atoms with van der Waals surface area (Å²) in [5.41, 5.74) is 3.37. The third kappa shape index (κ3) is 5.19. The van der Waals surface area contributed by atoms with Crippen molar-refractivity contribution in [1.82, 2.24) is 15.2 Å². The molecule has 2 amide bonds. The summed E-state index contributed by atoms with van der Waals surface area (Å²) in [4.78, 5) is 42.4. The van der Waals surface area contributed by atoms with Crippen molar-refractivity contribution in [3.05, 3.63) is 57.9 Å². The number of ether oxygens (including phenoxy) is 2. The van der Waals surface area contributed by atoms with Gasteiger partial charge in [-0.15, -0.1) is 0 Å². The number of H-pyrrole nitrogens is 1. The van der Waals surface area contributed by atoms with Gasteiger partial charge in [0.1, 0.15) is 5.69 Å². The Hall–Kier alpha value is -3.13. The Morgan fingerprint density at radius 2 is 1.75 bits per heavy atom. The molecule has 0 aliphatic carbocycles. The molecule has 2 unspecified atom stereocenters. The van der Waals surface area contributed by atoms with Crippen molar-refractivity contribution in [1.29, 1.82) is 0 Å². The topological polar surface area (TPSA) is 101 Å². The maximum atomic E-state index is 12.8. The molecule has 1 aromatic carbocycles. The lowest BCUT2D eigenvalue weighted by molar-refractivity contribution is -0.0586. The highest BCUT2D eigenvalue weighted by atomic mass is 16.5. The van der Waals surface area contributed by atoms with Crippen molar-refractivity contribution in [2.75, 3.05) is 19.7 Å². The van der Waals surface area contributed by atoms with E-state index in [1.165, 1.54) is 0 Å². The van der Waals surface area contributed by atoms with Crippen molar-refractivity contribution in [2.45, 2.75) is 53.4 Å². The van der Waals surface area contributed by atoms with Crippen LogP contribution in [-0.4, -0.2) is 59.6 Å². The zero-order valence-electron chi connectivity index (χ0n) is 19.3. The number of nitrogens with zero attached hydrogens (tertiary/aromatic N) is 1. The summed E-state index contributed by atoms with van der Waals surface area (Å²) in [6.07, 6.45) is 0.0308. The Morgan fingerprint density at radius 1 is 1.12 bits per heavy atom. The van der Waals surface area contributed by atoms with Gasteiger partial charge in [-0.25, -0.2) is 4.79 Å². The first-order chi connectivity index (χ1) is 15.2. The quantitative estimate of drug-likeness (QED) is 0.671. The van der Waals surface area contributed by atoms with Gasteiger partial charge in [-0.3, -0.25) is 9.59 Å². The van der Waals surface area contributed by atoms with Crippen molar-refractivity contribution in [3.63, 3.8) is 0 Å². The second kappa shape index (κ2) is 9.99. The number of aromatic amines is 1. The molecule has 0 saturated carbocycles. The van der Waals surface area contributed by atoms with E-state index in [-0.39, 0.29) is 30.6 Å². The van der Waals surface area contributed by atoms with Gasteiger partial charge in [0.25, 0.3) is 11.8 Å². The van der Waals surface area contributed by atoms with E-state index < -0.39 is 5.97 Å². The fraction of sp³-hybridized carbons (Fsp3) is 0.458. The molecule has 0 spiro atoms. The minimum atomic E-state index is -0.442. The van der Waals surface area contributed by atoms with Crippen LogP contribution in [0.25, 0.3) is 0 Å². The number of rotatable bonds is 6. The molecule has 1 aliphatic rings. The molecule has 172 valence electrons. The average molecular weight is 442 g/mol. The first-order valence-electron chi connectivity index (χ1n) is 10.9. The first-order valence-corrected chi connectivity index (χ1v) is 10.9. The molecular weight excluding hydrogens is 410 g/mol. The lowest BCUT2D eigenvalue weighted by Crippen LogP contribution is -2.48. The lowest BCUT2D eigenvalue weighted by atomic mass is 10.1. The number of aromatic nitrogens is 1. The predicted octanol–water partition coefficient (Wildman–Crippen LogP) is 2.99. The number of carbonyl (C=O) groups is 3. The molecule has 1 aliphatic heterocycles. The van der Waals surface area contributed by atoms with Gasteiger partial charge in [-0.05, 0) is 57.9 Å². The summed E-state index contributed by atoms with van der Waals surface area (Å²) < 4.78 is 10.8. The number of benzene rings is 1. The lowest BCUT2D eigenvalue weighted by Gasteiger charge is -2.35.